The third kappa shape index (κ3) is 7.11. The van der Waals surface area contributed by atoms with E-state index in [1.807, 2.05) is 0 Å². The summed E-state index contributed by atoms with van der Waals surface area (Å²) in [5, 5.41) is 2.54. The van der Waals surface area contributed by atoms with Crippen LogP contribution >= 0.6 is 0 Å². The Bertz CT molecular complexity index is 885. The molecule has 0 aromatic heterocycles. The number of methoxy groups -OCH3 is 1. The number of amides is 1. The molecule has 0 saturated heterocycles. The van der Waals surface area contributed by atoms with E-state index in [9.17, 15) is 22.8 Å². The van der Waals surface area contributed by atoms with Crippen LogP contribution < -0.4 is 10.8 Å². The summed E-state index contributed by atoms with van der Waals surface area (Å²) >= 11 is 0. The van der Waals surface area contributed by atoms with Gasteiger partial charge < -0.3 is 19.4 Å². The molecule has 0 aliphatic heterocycles. The fourth-order valence-corrected chi connectivity index (χ4v) is 3.04. The smallest absolute Gasteiger partial charge is 0.467 e. The molecule has 0 aliphatic carbocycles. The van der Waals surface area contributed by atoms with Gasteiger partial charge in [0.1, 0.15) is 6.04 Å². The zero-order valence-corrected chi connectivity index (χ0v) is 17.4. The maximum absolute atomic E-state index is 12.9. The Morgan fingerprint density at radius 2 is 1.65 bits per heavy atom. The molecule has 1 amide bonds. The van der Waals surface area contributed by atoms with Crippen molar-refractivity contribution >= 4 is 24.5 Å². The first kappa shape index (κ1) is 24.4. The molecule has 2 aromatic rings. The maximum Gasteiger partial charge on any atom is 0.493 e. The normalized spacial score (nSPS) is 12.2. The predicted octanol–water partition coefficient (Wildman–Crippen LogP) is 2.14. The summed E-state index contributed by atoms with van der Waals surface area (Å²) in [6, 6.07) is 10.6. The van der Waals surface area contributed by atoms with Crippen molar-refractivity contribution in [2.24, 2.45) is 0 Å². The van der Waals surface area contributed by atoms with E-state index >= 15 is 0 Å². The molecule has 31 heavy (non-hydrogen) atoms. The molecule has 2 aromatic carbocycles. The van der Waals surface area contributed by atoms with Crippen LogP contribution in [0.2, 0.25) is 0 Å². The second-order valence-corrected chi connectivity index (χ2v) is 6.77. The van der Waals surface area contributed by atoms with Crippen LogP contribution in [0.5, 0.6) is 0 Å². The largest absolute Gasteiger partial charge is 0.493 e. The Hall–Kier alpha value is -2.85. The van der Waals surface area contributed by atoms with Gasteiger partial charge in [-0.05, 0) is 22.7 Å². The van der Waals surface area contributed by atoms with Gasteiger partial charge in [0.25, 0.3) is 0 Å². The summed E-state index contributed by atoms with van der Waals surface area (Å²) in [5.74, 6) is -1.25. The number of rotatable bonds is 9. The Kier molecular flexibility index (Phi) is 8.64. The van der Waals surface area contributed by atoms with Crippen LogP contribution in [-0.4, -0.2) is 46.4 Å². The molecule has 1 atom stereocenters. The standard InChI is InChI=1S/C21H23BF3NO5/c1-29-20(28)18(12-14-7-9-17(10-8-14)22(30-2)31-3)26-19(27)13-15-5-4-6-16(11-15)21(23,24)25/h4-11,18H,12-13H2,1-3H3,(H,26,27)/t18-/m0/s1. The molecule has 0 aliphatic rings. The van der Waals surface area contributed by atoms with Gasteiger partial charge in [-0.15, -0.1) is 0 Å². The van der Waals surface area contributed by atoms with E-state index in [4.69, 9.17) is 14.0 Å². The Morgan fingerprint density at radius 1 is 1.00 bits per heavy atom. The summed E-state index contributed by atoms with van der Waals surface area (Å²) in [6.45, 7) is 0. The highest BCUT2D eigenvalue weighted by molar-refractivity contribution is 6.61. The number of hydrogen-bond donors (Lipinski definition) is 1. The van der Waals surface area contributed by atoms with E-state index in [1.165, 1.54) is 33.5 Å². The van der Waals surface area contributed by atoms with Crippen molar-refractivity contribution in [3.8, 4) is 0 Å². The summed E-state index contributed by atoms with van der Waals surface area (Å²) in [7, 11) is 3.68. The molecule has 0 bridgehead atoms. The summed E-state index contributed by atoms with van der Waals surface area (Å²) in [6.07, 6.45) is -4.66. The average molecular weight is 437 g/mol. The van der Waals surface area contributed by atoms with Gasteiger partial charge >= 0.3 is 19.3 Å². The zero-order chi connectivity index (χ0) is 23.0. The fourth-order valence-electron chi connectivity index (χ4n) is 3.04. The molecule has 1 N–H and O–H groups in total. The lowest BCUT2D eigenvalue weighted by molar-refractivity contribution is -0.145. The summed E-state index contributed by atoms with van der Waals surface area (Å²) in [4.78, 5) is 24.5. The molecule has 2 rings (SSSR count). The molecule has 0 unspecified atom stereocenters. The predicted molar refractivity (Wildman–Crippen MR) is 109 cm³/mol. The van der Waals surface area contributed by atoms with Gasteiger partial charge in [-0.3, -0.25) is 4.79 Å². The van der Waals surface area contributed by atoms with Crippen molar-refractivity contribution < 1.29 is 36.8 Å². The molecule has 6 nitrogen and oxygen atoms in total. The highest BCUT2D eigenvalue weighted by Gasteiger charge is 2.30. The van der Waals surface area contributed by atoms with Crippen LogP contribution in [0.4, 0.5) is 13.2 Å². The second-order valence-electron chi connectivity index (χ2n) is 6.77. The van der Waals surface area contributed by atoms with E-state index in [0.717, 1.165) is 23.2 Å². The molecule has 0 fully saturated rings. The van der Waals surface area contributed by atoms with Gasteiger partial charge in [0.2, 0.25) is 5.91 Å². The van der Waals surface area contributed by atoms with Crippen molar-refractivity contribution in [3.63, 3.8) is 0 Å². The Morgan fingerprint density at radius 3 is 2.19 bits per heavy atom. The first-order valence-electron chi connectivity index (χ1n) is 9.35. The van der Waals surface area contributed by atoms with Gasteiger partial charge in [-0.1, -0.05) is 42.5 Å². The van der Waals surface area contributed by atoms with Crippen LogP contribution in [0, 0.1) is 0 Å². The van der Waals surface area contributed by atoms with Crippen LogP contribution in [0.15, 0.2) is 48.5 Å². The van der Waals surface area contributed by atoms with Crippen LogP contribution in [0.25, 0.3) is 0 Å². The number of nitrogens with one attached hydrogen (secondary N) is 1. The number of alkyl halides is 3. The zero-order valence-electron chi connectivity index (χ0n) is 17.4. The van der Waals surface area contributed by atoms with Crippen molar-refractivity contribution in [1.82, 2.24) is 5.32 Å². The van der Waals surface area contributed by atoms with Crippen molar-refractivity contribution in [2.75, 3.05) is 21.3 Å². The Labute approximate surface area is 178 Å². The minimum atomic E-state index is -4.50. The topological polar surface area (TPSA) is 73.9 Å². The first-order valence-corrected chi connectivity index (χ1v) is 9.35. The number of benzene rings is 2. The second kappa shape index (κ2) is 11.0. The molecule has 0 radical (unpaired) electrons. The van der Waals surface area contributed by atoms with E-state index in [0.29, 0.717) is 0 Å². The minimum Gasteiger partial charge on any atom is -0.467 e. The average Bonchev–Trinajstić information content (AvgIpc) is 2.74. The monoisotopic (exact) mass is 437 g/mol. The van der Waals surface area contributed by atoms with Crippen LogP contribution in [-0.2, 0) is 42.7 Å². The maximum atomic E-state index is 12.9. The van der Waals surface area contributed by atoms with Crippen molar-refractivity contribution in [2.45, 2.75) is 25.1 Å². The van der Waals surface area contributed by atoms with E-state index in [1.54, 1.807) is 24.3 Å². The van der Waals surface area contributed by atoms with Crippen molar-refractivity contribution in [1.29, 1.82) is 0 Å². The lowest BCUT2D eigenvalue weighted by Gasteiger charge is -2.17. The quantitative estimate of drug-likeness (QED) is 0.481. The minimum absolute atomic E-state index is 0.145. The highest BCUT2D eigenvalue weighted by Crippen LogP contribution is 2.29. The molecular weight excluding hydrogens is 414 g/mol. The lowest BCUT2D eigenvalue weighted by Crippen LogP contribution is -2.43. The number of hydrogen-bond acceptors (Lipinski definition) is 5. The van der Waals surface area contributed by atoms with Gasteiger partial charge in [0, 0.05) is 20.6 Å². The lowest BCUT2D eigenvalue weighted by atomic mass is 9.78. The van der Waals surface area contributed by atoms with Crippen LogP contribution in [0.1, 0.15) is 16.7 Å². The molecule has 0 heterocycles. The van der Waals surface area contributed by atoms with Crippen LogP contribution in [0.3, 0.4) is 0 Å². The number of halogens is 3. The number of ether oxygens (including phenoxy) is 1. The van der Waals surface area contributed by atoms with Gasteiger partial charge in [0.15, 0.2) is 0 Å². The fraction of sp³-hybridized carbons (Fsp3) is 0.333. The molecular formula is C21H23BF3NO5. The number of carbonyl (C=O) groups excluding carboxylic acids is 2. The highest BCUT2D eigenvalue weighted by atomic mass is 19.4. The summed E-state index contributed by atoms with van der Waals surface area (Å²) in [5.41, 5.74) is 0.861. The molecule has 0 spiro atoms. The van der Waals surface area contributed by atoms with E-state index < -0.39 is 36.8 Å². The molecule has 10 heteroatoms. The van der Waals surface area contributed by atoms with Gasteiger partial charge in [-0.25, -0.2) is 4.79 Å². The Balaban J connectivity index is 2.08. The van der Waals surface area contributed by atoms with Gasteiger partial charge in [-0.2, -0.15) is 13.2 Å². The van der Waals surface area contributed by atoms with Gasteiger partial charge in [0.05, 0.1) is 19.1 Å². The third-order valence-electron chi connectivity index (χ3n) is 4.56. The molecule has 166 valence electrons. The third-order valence-corrected chi connectivity index (χ3v) is 4.56. The molecule has 0 saturated carbocycles. The summed E-state index contributed by atoms with van der Waals surface area (Å²) < 4.78 is 53.7. The SMILES string of the molecule is COB(OC)c1ccc(C[C@H](NC(=O)Cc2cccc(C(F)(F)F)c2)C(=O)OC)cc1. The van der Waals surface area contributed by atoms with Crippen molar-refractivity contribution in [3.05, 3.63) is 65.2 Å². The number of esters is 1. The van der Waals surface area contributed by atoms with E-state index in [-0.39, 0.29) is 18.4 Å². The first-order chi connectivity index (χ1) is 14.7. The van der Waals surface area contributed by atoms with E-state index in [2.05, 4.69) is 5.32 Å². The number of carbonyl (C=O) groups is 2.